The van der Waals surface area contributed by atoms with Crippen molar-refractivity contribution in [2.24, 2.45) is 0 Å². The second-order valence-electron chi connectivity index (χ2n) is 6.76. The quantitative estimate of drug-likeness (QED) is 0.354. The molecule has 1 aromatic carbocycles. The molecule has 1 amide bonds. The fourth-order valence-corrected chi connectivity index (χ4v) is 2.87. The SMILES string of the molecule is Nc1nc(NCCCCCNC(=O)/C=C/c2cccnc2)cc(-c2ccccc2)n1. The number of unbranched alkanes of at least 4 members (excludes halogenated alkanes) is 2. The molecular formula is C23H26N6O. The van der Waals surface area contributed by atoms with Crippen LogP contribution in [0.1, 0.15) is 24.8 Å². The average Bonchev–Trinajstić information content (AvgIpc) is 2.78. The molecule has 3 aromatic rings. The van der Waals surface area contributed by atoms with Gasteiger partial charge in [-0.15, -0.1) is 0 Å². The topological polar surface area (TPSA) is 106 Å². The van der Waals surface area contributed by atoms with Crippen LogP contribution in [0.4, 0.5) is 11.8 Å². The summed E-state index contributed by atoms with van der Waals surface area (Å²) in [6.45, 7) is 1.42. The summed E-state index contributed by atoms with van der Waals surface area (Å²) in [7, 11) is 0. The van der Waals surface area contributed by atoms with Crippen molar-refractivity contribution in [3.05, 3.63) is 72.6 Å². The molecule has 2 heterocycles. The second kappa shape index (κ2) is 11.3. The third-order valence-electron chi connectivity index (χ3n) is 4.38. The summed E-state index contributed by atoms with van der Waals surface area (Å²) in [5, 5.41) is 6.19. The third kappa shape index (κ3) is 7.01. The van der Waals surface area contributed by atoms with E-state index in [1.54, 1.807) is 18.5 Å². The fraction of sp³-hybridized carbons (Fsp3) is 0.217. The minimum absolute atomic E-state index is 0.0955. The Balaban J connectivity index is 1.33. The highest BCUT2D eigenvalue weighted by Crippen LogP contribution is 2.20. The van der Waals surface area contributed by atoms with Gasteiger partial charge < -0.3 is 16.4 Å². The first kappa shape index (κ1) is 21.0. The van der Waals surface area contributed by atoms with Gasteiger partial charge in [0.2, 0.25) is 11.9 Å². The van der Waals surface area contributed by atoms with E-state index in [0.29, 0.717) is 6.54 Å². The molecular weight excluding hydrogens is 376 g/mol. The van der Waals surface area contributed by atoms with Gasteiger partial charge in [0.05, 0.1) is 5.69 Å². The molecule has 0 fully saturated rings. The van der Waals surface area contributed by atoms with Crippen LogP contribution < -0.4 is 16.4 Å². The Kier molecular flexibility index (Phi) is 7.91. The predicted molar refractivity (Wildman–Crippen MR) is 121 cm³/mol. The van der Waals surface area contributed by atoms with Gasteiger partial charge in [-0.05, 0) is 37.0 Å². The molecule has 7 heteroatoms. The molecule has 0 bridgehead atoms. The summed E-state index contributed by atoms with van der Waals surface area (Å²) < 4.78 is 0. The summed E-state index contributed by atoms with van der Waals surface area (Å²) >= 11 is 0. The zero-order chi connectivity index (χ0) is 21.0. The number of anilines is 2. The number of nitrogens with zero attached hydrogens (tertiary/aromatic N) is 3. The predicted octanol–water partition coefficient (Wildman–Crippen LogP) is 3.53. The molecule has 0 atom stereocenters. The first-order valence-electron chi connectivity index (χ1n) is 10.0. The van der Waals surface area contributed by atoms with Crippen LogP contribution in [0.15, 0.2) is 67.0 Å². The lowest BCUT2D eigenvalue weighted by molar-refractivity contribution is -0.116. The summed E-state index contributed by atoms with van der Waals surface area (Å²) in [6.07, 6.45) is 9.57. The van der Waals surface area contributed by atoms with E-state index in [4.69, 9.17) is 5.73 Å². The van der Waals surface area contributed by atoms with Gasteiger partial charge in [0.25, 0.3) is 0 Å². The van der Waals surface area contributed by atoms with Crippen molar-refractivity contribution in [3.63, 3.8) is 0 Å². The van der Waals surface area contributed by atoms with E-state index in [1.165, 1.54) is 6.08 Å². The van der Waals surface area contributed by atoms with E-state index >= 15 is 0 Å². The van der Waals surface area contributed by atoms with Crippen LogP contribution in [-0.4, -0.2) is 33.9 Å². The highest BCUT2D eigenvalue weighted by Gasteiger charge is 2.04. The number of amides is 1. The number of pyridine rings is 1. The van der Waals surface area contributed by atoms with Gasteiger partial charge in [0.15, 0.2) is 0 Å². The van der Waals surface area contributed by atoms with Crippen molar-refractivity contribution in [2.75, 3.05) is 24.1 Å². The van der Waals surface area contributed by atoms with Gasteiger partial charge in [-0.2, -0.15) is 4.98 Å². The molecule has 7 nitrogen and oxygen atoms in total. The van der Waals surface area contributed by atoms with Crippen LogP contribution in [-0.2, 0) is 4.79 Å². The Bertz CT molecular complexity index is 960. The van der Waals surface area contributed by atoms with Crippen molar-refractivity contribution >= 4 is 23.7 Å². The molecule has 0 aliphatic heterocycles. The number of hydrogen-bond donors (Lipinski definition) is 3. The van der Waals surface area contributed by atoms with Crippen LogP contribution >= 0.6 is 0 Å². The molecule has 0 saturated heterocycles. The summed E-state index contributed by atoms with van der Waals surface area (Å²) in [4.78, 5) is 24.4. The van der Waals surface area contributed by atoms with Crippen molar-refractivity contribution in [1.29, 1.82) is 0 Å². The highest BCUT2D eigenvalue weighted by atomic mass is 16.1. The normalized spacial score (nSPS) is 10.8. The third-order valence-corrected chi connectivity index (χ3v) is 4.38. The standard InChI is InChI=1S/C23H26N6O/c24-23-28-20(19-9-3-1-4-10-19)16-21(29-23)26-14-5-2-6-15-27-22(30)12-11-18-8-7-13-25-17-18/h1,3-4,7-13,16-17H,2,5-6,14-15H2,(H,27,30)(H3,24,26,28,29)/b12-11+. The van der Waals surface area contributed by atoms with E-state index in [-0.39, 0.29) is 11.9 Å². The van der Waals surface area contributed by atoms with Gasteiger partial charge in [0.1, 0.15) is 5.82 Å². The van der Waals surface area contributed by atoms with E-state index < -0.39 is 0 Å². The Morgan fingerprint density at radius 2 is 1.83 bits per heavy atom. The van der Waals surface area contributed by atoms with Gasteiger partial charge in [-0.1, -0.05) is 36.4 Å². The minimum Gasteiger partial charge on any atom is -0.370 e. The first-order valence-corrected chi connectivity index (χ1v) is 10.0. The largest absolute Gasteiger partial charge is 0.370 e. The molecule has 2 aromatic heterocycles. The average molecular weight is 403 g/mol. The summed E-state index contributed by atoms with van der Waals surface area (Å²) in [6, 6.07) is 15.5. The van der Waals surface area contributed by atoms with E-state index in [1.807, 2.05) is 48.5 Å². The molecule has 3 rings (SSSR count). The maximum absolute atomic E-state index is 11.8. The van der Waals surface area contributed by atoms with Gasteiger partial charge in [-0.3, -0.25) is 9.78 Å². The van der Waals surface area contributed by atoms with Crippen molar-refractivity contribution in [3.8, 4) is 11.3 Å². The molecule has 0 radical (unpaired) electrons. The molecule has 0 saturated carbocycles. The van der Waals surface area contributed by atoms with Crippen LogP contribution in [0.5, 0.6) is 0 Å². The van der Waals surface area contributed by atoms with Crippen molar-refractivity contribution in [1.82, 2.24) is 20.3 Å². The number of nitrogens with one attached hydrogen (secondary N) is 2. The number of carbonyl (C=O) groups excluding carboxylic acids is 1. The second-order valence-corrected chi connectivity index (χ2v) is 6.76. The lowest BCUT2D eigenvalue weighted by atomic mass is 10.1. The van der Waals surface area contributed by atoms with Gasteiger partial charge >= 0.3 is 0 Å². The number of nitrogens with two attached hydrogens (primary N) is 1. The molecule has 4 N–H and O–H groups in total. The lowest BCUT2D eigenvalue weighted by Crippen LogP contribution is -2.22. The molecule has 154 valence electrons. The number of carbonyl (C=O) groups is 1. The maximum Gasteiger partial charge on any atom is 0.243 e. The molecule has 30 heavy (non-hydrogen) atoms. The van der Waals surface area contributed by atoms with Gasteiger partial charge in [-0.25, -0.2) is 4.98 Å². The van der Waals surface area contributed by atoms with Crippen molar-refractivity contribution in [2.45, 2.75) is 19.3 Å². The Labute approximate surface area is 176 Å². The molecule has 0 aliphatic rings. The number of benzene rings is 1. The van der Waals surface area contributed by atoms with Crippen molar-refractivity contribution < 1.29 is 4.79 Å². The summed E-state index contributed by atoms with van der Waals surface area (Å²) in [5.41, 5.74) is 8.55. The van der Waals surface area contributed by atoms with Crippen LogP contribution in [0.25, 0.3) is 17.3 Å². The van der Waals surface area contributed by atoms with Crippen LogP contribution in [0.3, 0.4) is 0 Å². The van der Waals surface area contributed by atoms with Gasteiger partial charge in [0, 0.05) is 43.2 Å². The molecule has 0 spiro atoms. The maximum atomic E-state index is 11.8. The Morgan fingerprint density at radius 1 is 1.00 bits per heavy atom. The number of rotatable bonds is 10. The smallest absolute Gasteiger partial charge is 0.243 e. The molecule has 0 aliphatic carbocycles. The number of nitrogen functional groups attached to an aromatic ring is 1. The van der Waals surface area contributed by atoms with Crippen LogP contribution in [0.2, 0.25) is 0 Å². The number of hydrogen-bond acceptors (Lipinski definition) is 6. The fourth-order valence-electron chi connectivity index (χ4n) is 2.87. The van der Waals surface area contributed by atoms with E-state index in [2.05, 4.69) is 25.6 Å². The lowest BCUT2D eigenvalue weighted by Gasteiger charge is -2.09. The molecule has 0 unspecified atom stereocenters. The zero-order valence-electron chi connectivity index (χ0n) is 16.8. The highest BCUT2D eigenvalue weighted by molar-refractivity contribution is 5.91. The zero-order valence-corrected chi connectivity index (χ0v) is 16.8. The minimum atomic E-state index is -0.0955. The van der Waals surface area contributed by atoms with E-state index in [9.17, 15) is 4.79 Å². The monoisotopic (exact) mass is 402 g/mol. The van der Waals surface area contributed by atoms with Crippen LogP contribution in [0, 0.1) is 0 Å². The Hall–Kier alpha value is -3.74. The first-order chi connectivity index (χ1) is 14.7. The van der Waals surface area contributed by atoms with E-state index in [0.717, 1.165) is 48.4 Å². The summed E-state index contributed by atoms with van der Waals surface area (Å²) in [5.74, 6) is 0.873. The number of aromatic nitrogens is 3. The Morgan fingerprint density at radius 3 is 2.63 bits per heavy atom.